The highest BCUT2D eigenvalue weighted by molar-refractivity contribution is 5.68. The van der Waals surface area contributed by atoms with Crippen LogP contribution < -0.4 is 0 Å². The predicted octanol–water partition coefficient (Wildman–Crippen LogP) is 2.54. The molecule has 0 unspecified atom stereocenters. The monoisotopic (exact) mass is 272 g/mol. The molecule has 0 spiro atoms. The number of carbonyl (C=O) groups is 1. The largest absolute Gasteiger partial charge is 0.444 e. The first-order valence-electron chi connectivity index (χ1n) is 6.73. The molecule has 1 saturated heterocycles. The van der Waals surface area contributed by atoms with Gasteiger partial charge in [0.2, 0.25) is 6.04 Å². The molecule has 0 saturated carbocycles. The third-order valence-electron chi connectivity index (χ3n) is 3.41. The van der Waals surface area contributed by atoms with Crippen LogP contribution in [0.15, 0.2) is 0 Å². The van der Waals surface area contributed by atoms with Crippen molar-refractivity contribution in [2.24, 2.45) is 11.8 Å². The number of amides is 1. The number of nitro groups is 1. The van der Waals surface area contributed by atoms with E-state index in [1.165, 1.54) is 4.90 Å². The van der Waals surface area contributed by atoms with E-state index in [2.05, 4.69) is 0 Å². The molecule has 6 nitrogen and oxygen atoms in total. The SMILES string of the molecule is CC(C)[C@@H]1CCN(C(=O)OC(C)(C)C)C[C@H]1[N+](=O)[O-]. The molecule has 0 bridgehead atoms. The van der Waals surface area contributed by atoms with Crippen LogP contribution in [-0.4, -0.2) is 40.6 Å². The number of ether oxygens (including phenoxy) is 1. The molecule has 0 radical (unpaired) electrons. The molecular weight excluding hydrogens is 248 g/mol. The fraction of sp³-hybridized carbons (Fsp3) is 0.923. The molecule has 6 heteroatoms. The van der Waals surface area contributed by atoms with Crippen molar-refractivity contribution in [1.29, 1.82) is 0 Å². The summed E-state index contributed by atoms with van der Waals surface area (Å²) in [6.07, 6.45) is 0.198. The Hall–Kier alpha value is -1.33. The lowest BCUT2D eigenvalue weighted by atomic mass is 9.83. The molecule has 1 rings (SSSR count). The molecule has 1 aliphatic heterocycles. The highest BCUT2D eigenvalue weighted by atomic mass is 16.6. The Morgan fingerprint density at radius 3 is 2.42 bits per heavy atom. The third kappa shape index (κ3) is 4.36. The van der Waals surface area contributed by atoms with Crippen molar-refractivity contribution in [2.75, 3.05) is 13.1 Å². The highest BCUT2D eigenvalue weighted by Gasteiger charge is 2.41. The van der Waals surface area contributed by atoms with Gasteiger partial charge in [0, 0.05) is 17.4 Å². The Morgan fingerprint density at radius 1 is 1.42 bits per heavy atom. The molecule has 0 aliphatic carbocycles. The zero-order valence-electron chi connectivity index (χ0n) is 12.4. The summed E-state index contributed by atoms with van der Waals surface area (Å²) in [6.45, 7) is 10.0. The molecule has 1 aliphatic rings. The van der Waals surface area contributed by atoms with Gasteiger partial charge in [0.1, 0.15) is 5.60 Å². The van der Waals surface area contributed by atoms with Crippen LogP contribution in [0.25, 0.3) is 0 Å². The second-order valence-corrected chi connectivity index (χ2v) is 6.48. The molecule has 0 aromatic heterocycles. The van der Waals surface area contributed by atoms with Crippen LogP contribution in [-0.2, 0) is 4.74 Å². The van der Waals surface area contributed by atoms with Crippen molar-refractivity contribution in [3.63, 3.8) is 0 Å². The van der Waals surface area contributed by atoms with E-state index in [0.717, 1.165) is 0 Å². The van der Waals surface area contributed by atoms with Crippen LogP contribution in [0.1, 0.15) is 41.0 Å². The number of piperidine rings is 1. The normalized spacial score (nSPS) is 24.4. The zero-order chi connectivity index (χ0) is 14.8. The molecule has 19 heavy (non-hydrogen) atoms. The average molecular weight is 272 g/mol. The summed E-state index contributed by atoms with van der Waals surface area (Å²) in [6, 6.07) is -0.693. The molecule has 0 aromatic carbocycles. The Bertz CT molecular complexity index is 349. The highest BCUT2D eigenvalue weighted by Crippen LogP contribution is 2.27. The number of hydrogen-bond donors (Lipinski definition) is 0. The van der Waals surface area contributed by atoms with Crippen molar-refractivity contribution in [2.45, 2.75) is 52.7 Å². The van der Waals surface area contributed by atoms with Crippen LogP contribution in [0.3, 0.4) is 0 Å². The van der Waals surface area contributed by atoms with Gasteiger partial charge >= 0.3 is 6.09 Å². The van der Waals surface area contributed by atoms with Gasteiger partial charge in [-0.2, -0.15) is 0 Å². The first-order chi connectivity index (χ1) is 8.61. The molecule has 1 heterocycles. The lowest BCUT2D eigenvalue weighted by Gasteiger charge is -2.36. The summed E-state index contributed by atoms with van der Waals surface area (Å²) in [5, 5.41) is 11.1. The summed E-state index contributed by atoms with van der Waals surface area (Å²) in [4.78, 5) is 24.3. The van der Waals surface area contributed by atoms with Crippen molar-refractivity contribution in [3.05, 3.63) is 10.1 Å². The van der Waals surface area contributed by atoms with Gasteiger partial charge in [-0.1, -0.05) is 13.8 Å². The van der Waals surface area contributed by atoms with E-state index in [1.807, 2.05) is 13.8 Å². The van der Waals surface area contributed by atoms with Crippen molar-refractivity contribution in [3.8, 4) is 0 Å². The number of hydrogen-bond acceptors (Lipinski definition) is 4. The van der Waals surface area contributed by atoms with Crippen LogP contribution in [0.2, 0.25) is 0 Å². The van der Waals surface area contributed by atoms with Gasteiger partial charge in [0.25, 0.3) is 0 Å². The Balaban J connectivity index is 2.71. The van der Waals surface area contributed by atoms with E-state index in [9.17, 15) is 14.9 Å². The first-order valence-corrected chi connectivity index (χ1v) is 6.73. The van der Waals surface area contributed by atoms with Gasteiger partial charge in [0.15, 0.2) is 0 Å². The quantitative estimate of drug-likeness (QED) is 0.572. The van der Waals surface area contributed by atoms with Crippen molar-refractivity contribution >= 4 is 6.09 Å². The van der Waals surface area contributed by atoms with Crippen LogP contribution in [0, 0.1) is 22.0 Å². The van der Waals surface area contributed by atoms with E-state index < -0.39 is 17.7 Å². The predicted molar refractivity (Wildman–Crippen MR) is 71.5 cm³/mol. The van der Waals surface area contributed by atoms with Gasteiger partial charge in [0.05, 0.1) is 6.54 Å². The van der Waals surface area contributed by atoms with Crippen LogP contribution in [0.4, 0.5) is 4.79 Å². The Labute approximate surface area is 114 Å². The maximum Gasteiger partial charge on any atom is 0.410 e. The summed E-state index contributed by atoms with van der Waals surface area (Å²) < 4.78 is 5.27. The third-order valence-corrected chi connectivity index (χ3v) is 3.41. The first kappa shape index (κ1) is 15.7. The van der Waals surface area contributed by atoms with Gasteiger partial charge < -0.3 is 9.64 Å². The van der Waals surface area contributed by atoms with E-state index >= 15 is 0 Å². The van der Waals surface area contributed by atoms with Crippen LogP contribution >= 0.6 is 0 Å². The fourth-order valence-corrected chi connectivity index (χ4v) is 2.44. The topological polar surface area (TPSA) is 72.7 Å². The lowest BCUT2D eigenvalue weighted by molar-refractivity contribution is -0.537. The summed E-state index contributed by atoms with van der Waals surface area (Å²) in [7, 11) is 0. The number of nitrogens with zero attached hydrogens (tertiary/aromatic N) is 2. The Kier molecular flexibility index (Phi) is 4.76. The summed E-state index contributed by atoms with van der Waals surface area (Å²) >= 11 is 0. The molecular formula is C13H24N2O4. The van der Waals surface area contributed by atoms with Crippen molar-refractivity contribution in [1.82, 2.24) is 4.90 Å². The summed E-state index contributed by atoms with van der Waals surface area (Å²) in [5.41, 5.74) is -0.573. The summed E-state index contributed by atoms with van der Waals surface area (Å²) in [5.74, 6) is 0.268. The van der Waals surface area contributed by atoms with Gasteiger partial charge in [-0.15, -0.1) is 0 Å². The van der Waals surface area contributed by atoms with E-state index in [4.69, 9.17) is 4.74 Å². The standard InChI is InChI=1S/C13H24N2O4/c1-9(2)10-6-7-14(8-11(10)15(17)18)12(16)19-13(3,4)5/h9-11H,6-8H2,1-5H3/t10-,11+/m0/s1. The van der Waals surface area contributed by atoms with Gasteiger partial charge in [-0.3, -0.25) is 10.1 Å². The number of carbonyl (C=O) groups excluding carboxylic acids is 1. The maximum atomic E-state index is 11.9. The molecule has 1 amide bonds. The maximum absolute atomic E-state index is 11.9. The number of rotatable bonds is 2. The minimum Gasteiger partial charge on any atom is -0.444 e. The Morgan fingerprint density at radius 2 is 2.00 bits per heavy atom. The second-order valence-electron chi connectivity index (χ2n) is 6.48. The smallest absolute Gasteiger partial charge is 0.410 e. The van der Waals surface area contributed by atoms with E-state index in [-0.39, 0.29) is 23.3 Å². The van der Waals surface area contributed by atoms with Gasteiger partial charge in [-0.05, 0) is 33.1 Å². The van der Waals surface area contributed by atoms with E-state index in [0.29, 0.717) is 13.0 Å². The molecule has 0 N–H and O–H groups in total. The number of likely N-dealkylation sites (tertiary alicyclic amines) is 1. The van der Waals surface area contributed by atoms with Crippen molar-refractivity contribution < 1.29 is 14.5 Å². The molecule has 0 aromatic rings. The van der Waals surface area contributed by atoms with E-state index in [1.54, 1.807) is 20.8 Å². The minimum absolute atomic E-state index is 0.0219. The average Bonchev–Trinajstić information content (AvgIpc) is 2.25. The minimum atomic E-state index is -0.693. The van der Waals surface area contributed by atoms with Gasteiger partial charge in [-0.25, -0.2) is 4.79 Å². The van der Waals surface area contributed by atoms with Crippen LogP contribution in [0.5, 0.6) is 0 Å². The zero-order valence-corrected chi connectivity index (χ0v) is 12.4. The molecule has 110 valence electrons. The molecule has 1 fully saturated rings. The lowest BCUT2D eigenvalue weighted by Crippen LogP contribution is -2.52. The molecule has 2 atom stereocenters. The fourth-order valence-electron chi connectivity index (χ4n) is 2.44. The second kappa shape index (κ2) is 5.75.